The van der Waals surface area contributed by atoms with Crippen LogP contribution in [-0.4, -0.2) is 22.7 Å². The van der Waals surface area contributed by atoms with E-state index in [0.717, 1.165) is 62.8 Å². The average Bonchev–Trinajstić information content (AvgIpc) is 3.42. The van der Waals surface area contributed by atoms with Crippen LogP contribution in [0.5, 0.6) is 11.5 Å². The summed E-state index contributed by atoms with van der Waals surface area (Å²) in [5.74, 6) is 7.71. The van der Waals surface area contributed by atoms with E-state index in [1.165, 1.54) is 5.56 Å². The van der Waals surface area contributed by atoms with E-state index >= 15 is 0 Å². The molecular weight excluding hydrogens is 438 g/mol. The van der Waals surface area contributed by atoms with E-state index in [1.807, 2.05) is 48.8 Å². The van der Waals surface area contributed by atoms with Crippen LogP contribution in [0.3, 0.4) is 0 Å². The molecule has 7 heteroatoms. The van der Waals surface area contributed by atoms with Gasteiger partial charge in [0, 0.05) is 28.7 Å². The number of aromatic amines is 1. The lowest BCUT2D eigenvalue weighted by Gasteiger charge is -2.10. The molecule has 0 unspecified atom stereocenters. The molecule has 35 heavy (non-hydrogen) atoms. The van der Waals surface area contributed by atoms with E-state index in [9.17, 15) is 0 Å². The van der Waals surface area contributed by atoms with Crippen molar-refractivity contribution in [1.82, 2.24) is 9.66 Å². The predicted octanol–water partition coefficient (Wildman–Crippen LogP) is 4.00. The van der Waals surface area contributed by atoms with E-state index in [0.29, 0.717) is 26.3 Å². The van der Waals surface area contributed by atoms with Crippen molar-refractivity contribution < 1.29 is 9.47 Å². The van der Waals surface area contributed by atoms with Gasteiger partial charge >= 0.3 is 0 Å². The first-order valence-corrected chi connectivity index (χ1v) is 11.9. The highest BCUT2D eigenvalue weighted by Crippen LogP contribution is 2.27. The third-order valence-electron chi connectivity index (χ3n) is 6.26. The summed E-state index contributed by atoms with van der Waals surface area (Å²) in [6.45, 7) is 2.14. The Kier molecular flexibility index (Phi) is 6.61. The first-order valence-electron chi connectivity index (χ1n) is 11.9. The minimum Gasteiger partial charge on any atom is -0.489 e. The van der Waals surface area contributed by atoms with Crippen molar-refractivity contribution in [2.24, 2.45) is 11.5 Å². The molecule has 3 aromatic carbocycles. The van der Waals surface area contributed by atoms with E-state index in [-0.39, 0.29) is 0 Å². The van der Waals surface area contributed by atoms with Gasteiger partial charge in [-0.15, -0.1) is 0 Å². The maximum absolute atomic E-state index is 6.10. The average molecular weight is 470 g/mol. The number of hydrogen-bond acceptors (Lipinski definition) is 5. The van der Waals surface area contributed by atoms with Crippen LogP contribution in [0.25, 0.3) is 21.8 Å². The summed E-state index contributed by atoms with van der Waals surface area (Å²) in [6.07, 6.45) is 5.56. The molecule has 0 aliphatic carbocycles. The Bertz CT molecular complexity index is 1450. The molecule has 0 amide bonds. The fourth-order valence-electron chi connectivity index (χ4n) is 4.50. The van der Waals surface area contributed by atoms with Crippen LogP contribution < -0.4 is 26.8 Å². The molecule has 5 aromatic rings. The van der Waals surface area contributed by atoms with Crippen molar-refractivity contribution in [2.45, 2.75) is 26.1 Å². The summed E-state index contributed by atoms with van der Waals surface area (Å²) >= 11 is 0. The Hall–Kier alpha value is -3.94. The number of nitrogens with two attached hydrogens (primary N) is 3. The molecule has 7 N–H and O–H groups in total. The zero-order valence-electron chi connectivity index (χ0n) is 19.7. The van der Waals surface area contributed by atoms with Gasteiger partial charge in [0.2, 0.25) is 0 Å². The predicted molar refractivity (Wildman–Crippen MR) is 141 cm³/mol. The minimum atomic E-state index is 0.465. The number of fused-ring (bicyclic) bond motifs is 2. The Morgan fingerprint density at radius 3 is 2.11 bits per heavy atom. The summed E-state index contributed by atoms with van der Waals surface area (Å²) < 4.78 is 13.8. The largest absolute Gasteiger partial charge is 0.489 e. The highest BCUT2D eigenvalue weighted by molar-refractivity contribution is 5.86. The molecule has 0 bridgehead atoms. The molecule has 0 atom stereocenters. The standard InChI is InChI=1S/C28H31N5O2/c29-10-8-21-15-32-27-6-4-23(13-25(21)27)34-17-19-2-1-3-20(12-19)18-35-24-5-7-28-26(14-24)22(9-11-30)16-33(28)31/h1-7,12-16,32H,8-11,17-18,29-31H2. The maximum Gasteiger partial charge on any atom is 0.120 e. The topological polar surface area (TPSA) is 117 Å². The molecule has 0 saturated heterocycles. The molecule has 0 saturated carbocycles. The van der Waals surface area contributed by atoms with E-state index in [2.05, 4.69) is 29.2 Å². The summed E-state index contributed by atoms with van der Waals surface area (Å²) in [7, 11) is 0. The summed E-state index contributed by atoms with van der Waals surface area (Å²) in [6, 6.07) is 20.3. The quantitative estimate of drug-likeness (QED) is 0.231. The zero-order chi connectivity index (χ0) is 24.2. The van der Waals surface area contributed by atoms with Gasteiger partial charge < -0.3 is 31.8 Å². The number of nitrogens with zero attached hydrogens (tertiary/aromatic N) is 1. The lowest BCUT2D eigenvalue weighted by molar-refractivity contribution is 0.300. The molecule has 7 nitrogen and oxygen atoms in total. The Morgan fingerprint density at radius 2 is 1.40 bits per heavy atom. The second kappa shape index (κ2) is 10.1. The van der Waals surface area contributed by atoms with Gasteiger partial charge in [0.25, 0.3) is 0 Å². The van der Waals surface area contributed by atoms with Crippen molar-refractivity contribution in [3.8, 4) is 11.5 Å². The van der Waals surface area contributed by atoms with Crippen LogP contribution in [0.2, 0.25) is 0 Å². The van der Waals surface area contributed by atoms with E-state index in [1.54, 1.807) is 4.68 Å². The van der Waals surface area contributed by atoms with Crippen LogP contribution in [0, 0.1) is 0 Å². The highest BCUT2D eigenvalue weighted by atomic mass is 16.5. The van der Waals surface area contributed by atoms with Crippen molar-refractivity contribution >= 4 is 21.8 Å². The van der Waals surface area contributed by atoms with Crippen molar-refractivity contribution in [3.63, 3.8) is 0 Å². The number of rotatable bonds is 10. The molecule has 0 spiro atoms. The second-order valence-corrected chi connectivity index (χ2v) is 8.74. The second-order valence-electron chi connectivity index (χ2n) is 8.74. The SMILES string of the molecule is NCCc1c[nH]c2ccc(OCc3cccc(COc4ccc5c(c4)c(CCN)cn5N)c3)cc12. The number of ether oxygens (including phenoxy) is 2. The van der Waals surface area contributed by atoms with E-state index < -0.39 is 0 Å². The fraction of sp³-hybridized carbons (Fsp3) is 0.214. The number of benzene rings is 3. The van der Waals surface area contributed by atoms with Crippen LogP contribution in [0.1, 0.15) is 22.3 Å². The third kappa shape index (κ3) is 4.96. The Balaban J connectivity index is 1.24. The van der Waals surface area contributed by atoms with Crippen LogP contribution >= 0.6 is 0 Å². The highest BCUT2D eigenvalue weighted by Gasteiger charge is 2.09. The smallest absolute Gasteiger partial charge is 0.120 e. The Labute approximate surface area is 204 Å². The van der Waals surface area contributed by atoms with E-state index in [4.69, 9.17) is 26.8 Å². The summed E-state index contributed by atoms with van der Waals surface area (Å²) in [4.78, 5) is 3.29. The molecule has 0 aliphatic heterocycles. The number of nitrogen functional groups attached to an aromatic ring is 1. The molecule has 0 fully saturated rings. The van der Waals surface area contributed by atoms with Gasteiger partial charge in [0.15, 0.2) is 0 Å². The number of hydrogen-bond donors (Lipinski definition) is 4. The molecule has 2 aromatic heterocycles. The first kappa shape index (κ1) is 22.8. The van der Waals surface area contributed by atoms with Gasteiger partial charge in [-0.25, -0.2) is 0 Å². The maximum atomic E-state index is 6.10. The molecule has 2 heterocycles. The zero-order valence-corrected chi connectivity index (χ0v) is 19.7. The molecular formula is C28H31N5O2. The number of H-pyrrole nitrogens is 1. The number of aromatic nitrogens is 2. The van der Waals surface area contributed by atoms with Gasteiger partial charge in [-0.2, -0.15) is 0 Å². The molecule has 0 radical (unpaired) electrons. The molecule has 0 aliphatic rings. The van der Waals surface area contributed by atoms with Gasteiger partial charge in [-0.05, 0) is 90.6 Å². The lowest BCUT2D eigenvalue weighted by Crippen LogP contribution is -2.05. The van der Waals surface area contributed by atoms with Gasteiger partial charge in [0.1, 0.15) is 24.7 Å². The van der Waals surface area contributed by atoms with Gasteiger partial charge in [-0.3, -0.25) is 4.68 Å². The number of nitrogens with one attached hydrogen (secondary N) is 1. The monoisotopic (exact) mass is 469 g/mol. The van der Waals surface area contributed by atoms with Gasteiger partial charge in [-0.1, -0.05) is 18.2 Å². The van der Waals surface area contributed by atoms with Crippen molar-refractivity contribution in [2.75, 3.05) is 18.9 Å². The normalized spacial score (nSPS) is 11.4. The lowest BCUT2D eigenvalue weighted by atomic mass is 10.1. The third-order valence-corrected chi connectivity index (χ3v) is 6.26. The summed E-state index contributed by atoms with van der Waals surface area (Å²) in [5, 5.41) is 2.23. The van der Waals surface area contributed by atoms with Crippen molar-refractivity contribution in [1.29, 1.82) is 0 Å². The molecule has 180 valence electrons. The van der Waals surface area contributed by atoms with Crippen LogP contribution in [0.15, 0.2) is 73.1 Å². The van der Waals surface area contributed by atoms with Gasteiger partial charge in [0.05, 0.1) is 5.52 Å². The summed E-state index contributed by atoms with van der Waals surface area (Å²) in [5.41, 5.74) is 18.1. The van der Waals surface area contributed by atoms with Crippen molar-refractivity contribution in [3.05, 3.63) is 95.3 Å². The van der Waals surface area contributed by atoms with Crippen LogP contribution in [-0.2, 0) is 26.1 Å². The minimum absolute atomic E-state index is 0.465. The Morgan fingerprint density at radius 1 is 0.743 bits per heavy atom. The fourth-order valence-corrected chi connectivity index (χ4v) is 4.50. The molecule has 5 rings (SSSR count). The first-order chi connectivity index (χ1) is 17.1. The van der Waals surface area contributed by atoms with Crippen LogP contribution in [0.4, 0.5) is 0 Å².